The highest BCUT2D eigenvalue weighted by Crippen LogP contribution is 2.36. The van der Waals surface area contributed by atoms with Crippen molar-refractivity contribution in [2.45, 2.75) is 44.2 Å². The Labute approximate surface area is 74.9 Å². The van der Waals surface area contributed by atoms with E-state index in [-0.39, 0.29) is 5.60 Å². The van der Waals surface area contributed by atoms with Gasteiger partial charge >= 0.3 is 0 Å². The van der Waals surface area contributed by atoms with Gasteiger partial charge in [0, 0.05) is 19.2 Å². The van der Waals surface area contributed by atoms with Crippen LogP contribution in [-0.4, -0.2) is 36.7 Å². The Morgan fingerprint density at radius 2 is 2.25 bits per heavy atom. The molecular formula is C10H19NO. The molecule has 0 amide bonds. The third-order valence-corrected chi connectivity index (χ3v) is 3.39. The van der Waals surface area contributed by atoms with Crippen LogP contribution in [0, 0.1) is 0 Å². The highest BCUT2D eigenvalue weighted by Gasteiger charge is 2.42. The first-order valence-corrected chi connectivity index (χ1v) is 5.06. The zero-order valence-electron chi connectivity index (χ0n) is 8.18. The second-order valence-corrected chi connectivity index (χ2v) is 4.46. The molecule has 2 nitrogen and oxygen atoms in total. The molecule has 0 aromatic carbocycles. The van der Waals surface area contributed by atoms with Gasteiger partial charge in [0.2, 0.25) is 0 Å². The van der Waals surface area contributed by atoms with Crippen molar-refractivity contribution in [2.24, 2.45) is 0 Å². The molecule has 2 heterocycles. The number of rotatable bonds is 0. The van der Waals surface area contributed by atoms with Gasteiger partial charge in [-0.3, -0.25) is 0 Å². The monoisotopic (exact) mass is 169 g/mol. The van der Waals surface area contributed by atoms with Gasteiger partial charge in [-0.05, 0) is 39.7 Å². The van der Waals surface area contributed by atoms with Gasteiger partial charge in [0.15, 0.2) is 0 Å². The lowest BCUT2D eigenvalue weighted by Crippen LogP contribution is -2.38. The van der Waals surface area contributed by atoms with E-state index in [1.54, 1.807) is 0 Å². The molecule has 2 fully saturated rings. The first-order valence-electron chi connectivity index (χ1n) is 5.06. The molecule has 2 aliphatic heterocycles. The second-order valence-electron chi connectivity index (χ2n) is 4.46. The fourth-order valence-electron chi connectivity index (χ4n) is 2.56. The molecule has 0 aromatic rings. The molecule has 0 N–H and O–H groups in total. The molecule has 0 aliphatic carbocycles. The minimum absolute atomic E-state index is 0.242. The number of likely N-dealkylation sites (N-methyl/N-ethyl adjacent to an activating group) is 1. The van der Waals surface area contributed by atoms with Crippen LogP contribution in [0.25, 0.3) is 0 Å². The summed E-state index contributed by atoms with van der Waals surface area (Å²) in [5.41, 5.74) is 0.242. The van der Waals surface area contributed by atoms with Gasteiger partial charge in [0.1, 0.15) is 0 Å². The lowest BCUT2D eigenvalue weighted by molar-refractivity contribution is -0.0688. The summed E-state index contributed by atoms with van der Waals surface area (Å²) in [7, 11) is 2.21. The minimum atomic E-state index is 0.242. The lowest BCUT2D eigenvalue weighted by Gasteiger charge is -2.33. The van der Waals surface area contributed by atoms with E-state index in [0.29, 0.717) is 6.04 Å². The van der Waals surface area contributed by atoms with Crippen LogP contribution in [-0.2, 0) is 4.74 Å². The van der Waals surface area contributed by atoms with Crippen LogP contribution < -0.4 is 0 Å². The molecule has 0 bridgehead atoms. The van der Waals surface area contributed by atoms with Crippen molar-refractivity contribution in [3.8, 4) is 0 Å². The van der Waals surface area contributed by atoms with Crippen molar-refractivity contribution in [3.63, 3.8) is 0 Å². The van der Waals surface area contributed by atoms with E-state index in [1.807, 2.05) is 0 Å². The van der Waals surface area contributed by atoms with Crippen LogP contribution in [0.4, 0.5) is 0 Å². The maximum absolute atomic E-state index is 5.93. The Hall–Kier alpha value is -0.0800. The van der Waals surface area contributed by atoms with E-state index in [4.69, 9.17) is 4.74 Å². The maximum Gasteiger partial charge on any atom is 0.0823 e. The molecule has 1 spiro atoms. The number of hydrogen-bond acceptors (Lipinski definition) is 2. The third kappa shape index (κ3) is 1.38. The standard InChI is InChI=1S/C10H19NO/c1-9-7-10(8-11(9)2)5-3-4-6-12-10/h9H,3-8H2,1-2H3. The maximum atomic E-state index is 5.93. The van der Waals surface area contributed by atoms with E-state index >= 15 is 0 Å². The summed E-state index contributed by atoms with van der Waals surface area (Å²) in [5.74, 6) is 0. The zero-order valence-corrected chi connectivity index (χ0v) is 8.18. The van der Waals surface area contributed by atoms with Crippen molar-refractivity contribution < 1.29 is 4.74 Å². The van der Waals surface area contributed by atoms with Crippen LogP contribution >= 0.6 is 0 Å². The van der Waals surface area contributed by atoms with Crippen molar-refractivity contribution in [2.75, 3.05) is 20.2 Å². The molecule has 0 radical (unpaired) electrons. The number of ether oxygens (including phenoxy) is 1. The van der Waals surface area contributed by atoms with E-state index in [1.165, 1.54) is 25.7 Å². The van der Waals surface area contributed by atoms with Gasteiger partial charge < -0.3 is 9.64 Å². The average molecular weight is 169 g/mol. The molecule has 2 aliphatic rings. The summed E-state index contributed by atoms with van der Waals surface area (Å²) in [5, 5.41) is 0. The van der Waals surface area contributed by atoms with Crippen molar-refractivity contribution in [3.05, 3.63) is 0 Å². The summed E-state index contributed by atoms with van der Waals surface area (Å²) < 4.78 is 5.93. The normalized spacial score (nSPS) is 44.0. The topological polar surface area (TPSA) is 12.5 Å². The first kappa shape index (κ1) is 8.52. The summed E-state index contributed by atoms with van der Waals surface area (Å²) in [6.45, 7) is 4.43. The largest absolute Gasteiger partial charge is 0.374 e. The predicted octanol–water partition coefficient (Wildman–Crippen LogP) is 1.65. The van der Waals surface area contributed by atoms with Crippen molar-refractivity contribution >= 4 is 0 Å². The van der Waals surface area contributed by atoms with Crippen LogP contribution in [0.1, 0.15) is 32.6 Å². The Morgan fingerprint density at radius 1 is 1.42 bits per heavy atom. The number of nitrogens with zero attached hydrogens (tertiary/aromatic N) is 1. The van der Waals surface area contributed by atoms with E-state index in [0.717, 1.165) is 13.2 Å². The molecular weight excluding hydrogens is 150 g/mol. The van der Waals surface area contributed by atoms with Gasteiger partial charge in [-0.2, -0.15) is 0 Å². The molecule has 2 heteroatoms. The van der Waals surface area contributed by atoms with E-state index < -0.39 is 0 Å². The molecule has 0 aromatic heterocycles. The Morgan fingerprint density at radius 3 is 2.75 bits per heavy atom. The fraction of sp³-hybridized carbons (Fsp3) is 1.00. The second kappa shape index (κ2) is 3.00. The highest BCUT2D eigenvalue weighted by atomic mass is 16.5. The van der Waals surface area contributed by atoms with Crippen molar-refractivity contribution in [1.82, 2.24) is 4.90 Å². The van der Waals surface area contributed by atoms with Crippen LogP contribution in [0.3, 0.4) is 0 Å². The molecule has 2 atom stereocenters. The molecule has 2 unspecified atom stereocenters. The quantitative estimate of drug-likeness (QED) is 0.546. The van der Waals surface area contributed by atoms with Gasteiger partial charge in [-0.25, -0.2) is 0 Å². The Kier molecular flexibility index (Phi) is 2.13. The number of hydrogen-bond donors (Lipinski definition) is 0. The molecule has 2 saturated heterocycles. The molecule has 12 heavy (non-hydrogen) atoms. The number of likely N-dealkylation sites (tertiary alicyclic amines) is 1. The SMILES string of the molecule is CC1CC2(CCCCO2)CN1C. The van der Waals surface area contributed by atoms with E-state index in [9.17, 15) is 0 Å². The van der Waals surface area contributed by atoms with Crippen molar-refractivity contribution in [1.29, 1.82) is 0 Å². The first-order chi connectivity index (χ1) is 5.72. The van der Waals surface area contributed by atoms with Crippen LogP contribution in [0.2, 0.25) is 0 Å². The summed E-state index contributed by atoms with van der Waals surface area (Å²) in [6, 6.07) is 0.711. The van der Waals surface area contributed by atoms with Gasteiger partial charge in [0.05, 0.1) is 5.60 Å². The molecule has 2 rings (SSSR count). The summed E-state index contributed by atoms with van der Waals surface area (Å²) in [4.78, 5) is 2.42. The van der Waals surface area contributed by atoms with Crippen LogP contribution in [0.5, 0.6) is 0 Å². The smallest absolute Gasteiger partial charge is 0.0823 e. The molecule has 0 saturated carbocycles. The summed E-state index contributed by atoms with van der Waals surface area (Å²) >= 11 is 0. The average Bonchev–Trinajstić information content (AvgIpc) is 2.29. The molecule has 70 valence electrons. The van der Waals surface area contributed by atoms with E-state index in [2.05, 4.69) is 18.9 Å². The third-order valence-electron chi connectivity index (χ3n) is 3.39. The Balaban J connectivity index is 2.02. The van der Waals surface area contributed by atoms with Gasteiger partial charge in [-0.1, -0.05) is 0 Å². The minimum Gasteiger partial charge on any atom is -0.374 e. The Bertz CT molecular complexity index is 151. The highest BCUT2D eigenvalue weighted by molar-refractivity contribution is 4.96. The van der Waals surface area contributed by atoms with Gasteiger partial charge in [-0.15, -0.1) is 0 Å². The van der Waals surface area contributed by atoms with Crippen LogP contribution in [0.15, 0.2) is 0 Å². The lowest BCUT2D eigenvalue weighted by atomic mass is 9.91. The predicted molar refractivity (Wildman–Crippen MR) is 49.2 cm³/mol. The fourth-order valence-corrected chi connectivity index (χ4v) is 2.56. The van der Waals surface area contributed by atoms with Gasteiger partial charge in [0.25, 0.3) is 0 Å². The zero-order chi connectivity index (χ0) is 8.60. The summed E-state index contributed by atoms with van der Waals surface area (Å²) in [6.07, 6.45) is 5.14.